The molecule has 1 aliphatic rings. The summed E-state index contributed by atoms with van der Waals surface area (Å²) in [4.78, 5) is 55.2. The normalized spacial score (nSPS) is 14.9. The summed E-state index contributed by atoms with van der Waals surface area (Å²) in [5, 5.41) is 10.5. The zero-order valence-corrected chi connectivity index (χ0v) is 28.2. The second kappa shape index (κ2) is 15.4. The summed E-state index contributed by atoms with van der Waals surface area (Å²) in [5.41, 5.74) is 2.53. The zero-order valence-electron chi connectivity index (χ0n) is 25.8. The fourth-order valence-electron chi connectivity index (χ4n) is 5.03. The lowest BCUT2D eigenvalue weighted by Gasteiger charge is -2.18. The van der Waals surface area contributed by atoms with Crippen LogP contribution in [-0.2, 0) is 27.2 Å². The molecular weight excluding hydrogens is 639 g/mol. The van der Waals surface area contributed by atoms with Gasteiger partial charge in [0.1, 0.15) is 10.7 Å². The van der Waals surface area contributed by atoms with Gasteiger partial charge in [-0.25, -0.2) is 4.79 Å². The maximum Gasteiger partial charge on any atom is 0.341 e. The number of carbonyl (C=O) groups excluding carboxylic acids is 4. The molecule has 0 spiro atoms. The van der Waals surface area contributed by atoms with E-state index in [4.69, 9.17) is 4.74 Å². The largest absolute Gasteiger partial charge is 0.462 e. The molecule has 2 aromatic heterocycles. The molecule has 0 aliphatic heterocycles. The minimum Gasteiger partial charge on any atom is -0.462 e. The number of thiophene rings is 2. The molecule has 0 radical (unpaired) electrons. The number of benzene rings is 2. The molecule has 2 unspecified atom stereocenters. The molecule has 238 valence electrons. The Labute approximate surface area is 280 Å². The Bertz CT molecular complexity index is 1750. The summed E-state index contributed by atoms with van der Waals surface area (Å²) >= 11 is 4.25. The first-order valence-corrected chi connectivity index (χ1v) is 17.6. The number of carbonyl (C=O) groups is 4. The summed E-state index contributed by atoms with van der Waals surface area (Å²) < 4.78 is 5.34. The van der Waals surface area contributed by atoms with Gasteiger partial charge in [-0.3, -0.25) is 14.4 Å². The Morgan fingerprint density at radius 1 is 1.04 bits per heavy atom. The molecule has 8 nitrogen and oxygen atoms in total. The fourth-order valence-corrected chi connectivity index (χ4v) is 8.02. The molecule has 4 aromatic rings. The van der Waals surface area contributed by atoms with Gasteiger partial charge in [-0.2, -0.15) is 0 Å². The third kappa shape index (κ3) is 8.34. The van der Waals surface area contributed by atoms with Crippen LogP contribution in [0.4, 0.5) is 10.7 Å². The van der Waals surface area contributed by atoms with Crippen molar-refractivity contribution in [3.05, 3.63) is 104 Å². The Kier molecular flexibility index (Phi) is 11.1. The van der Waals surface area contributed by atoms with Crippen LogP contribution >= 0.6 is 34.4 Å². The predicted octanol–water partition coefficient (Wildman–Crippen LogP) is 7.64. The van der Waals surface area contributed by atoms with Crippen molar-refractivity contribution >= 4 is 74.9 Å². The summed E-state index contributed by atoms with van der Waals surface area (Å²) in [7, 11) is 0. The first-order chi connectivity index (χ1) is 22.2. The smallest absolute Gasteiger partial charge is 0.341 e. The van der Waals surface area contributed by atoms with Gasteiger partial charge in [0, 0.05) is 25.9 Å². The maximum atomic E-state index is 13.4. The Hall–Kier alpha value is -4.19. The predicted molar refractivity (Wildman–Crippen MR) is 187 cm³/mol. The second-order valence-electron chi connectivity index (χ2n) is 10.9. The van der Waals surface area contributed by atoms with Crippen molar-refractivity contribution in [2.45, 2.75) is 50.2 Å². The van der Waals surface area contributed by atoms with Gasteiger partial charge >= 0.3 is 5.97 Å². The number of nitrogens with one attached hydrogen (secondary N) is 3. The quantitative estimate of drug-likeness (QED) is 0.0857. The number of rotatable bonds is 11. The van der Waals surface area contributed by atoms with Crippen LogP contribution in [0, 0.1) is 5.92 Å². The third-order valence-electron chi connectivity index (χ3n) is 7.36. The zero-order chi connectivity index (χ0) is 32.6. The van der Waals surface area contributed by atoms with Gasteiger partial charge in [-0.15, -0.1) is 34.4 Å². The molecule has 2 aromatic carbocycles. The van der Waals surface area contributed by atoms with E-state index in [1.807, 2.05) is 29.6 Å². The summed E-state index contributed by atoms with van der Waals surface area (Å²) in [5.74, 6) is -0.986. The average Bonchev–Trinajstić information content (AvgIpc) is 3.68. The highest BCUT2D eigenvalue weighted by atomic mass is 32.2. The van der Waals surface area contributed by atoms with Gasteiger partial charge in [0.05, 0.1) is 17.4 Å². The fraction of sp³-hybridized carbons (Fsp3) is 0.257. The highest BCUT2D eigenvalue weighted by Gasteiger charge is 2.30. The first-order valence-electron chi connectivity index (χ1n) is 15.0. The van der Waals surface area contributed by atoms with Crippen LogP contribution in [0.2, 0.25) is 0 Å². The van der Waals surface area contributed by atoms with Crippen molar-refractivity contribution < 1.29 is 23.9 Å². The van der Waals surface area contributed by atoms with E-state index in [9.17, 15) is 19.2 Å². The van der Waals surface area contributed by atoms with Gasteiger partial charge in [-0.1, -0.05) is 37.3 Å². The van der Waals surface area contributed by atoms with Crippen LogP contribution < -0.4 is 16.0 Å². The Morgan fingerprint density at radius 2 is 1.85 bits per heavy atom. The van der Waals surface area contributed by atoms with Gasteiger partial charge in [0.25, 0.3) is 11.8 Å². The lowest BCUT2D eigenvalue weighted by molar-refractivity contribution is -0.115. The molecule has 2 atom stereocenters. The van der Waals surface area contributed by atoms with Crippen molar-refractivity contribution in [2.24, 2.45) is 5.92 Å². The lowest BCUT2D eigenvalue weighted by atomic mass is 9.88. The minimum absolute atomic E-state index is 0.104. The lowest BCUT2D eigenvalue weighted by Crippen LogP contribution is -2.30. The standard InChI is InChI=1S/C35H35N3O5S3/c1-4-43-35(42)30-27-16-15-21(2)18-29(27)46-34(30)38-31(39)22(3)45-26-13-8-12-24(19-26)36-33(41)28(20-25-14-9-17-44-25)37-32(40)23-10-6-5-7-11-23/h5-14,17,19-22H,4,15-16,18H2,1-3H3,(H,36,41)(H,37,40)(H,38,39)/b28-20-. The highest BCUT2D eigenvalue weighted by Crippen LogP contribution is 2.40. The summed E-state index contributed by atoms with van der Waals surface area (Å²) in [6.45, 7) is 6.03. The molecule has 0 bridgehead atoms. The molecule has 46 heavy (non-hydrogen) atoms. The van der Waals surface area contributed by atoms with E-state index < -0.39 is 23.0 Å². The molecule has 11 heteroatoms. The van der Waals surface area contributed by atoms with Gasteiger partial charge in [0.2, 0.25) is 5.91 Å². The number of fused-ring (bicyclic) bond motifs is 1. The molecule has 0 saturated carbocycles. The highest BCUT2D eigenvalue weighted by molar-refractivity contribution is 8.00. The van der Waals surface area contributed by atoms with Gasteiger partial charge in [0.15, 0.2) is 0 Å². The maximum absolute atomic E-state index is 13.4. The molecular formula is C35H35N3O5S3. The number of hydrogen-bond donors (Lipinski definition) is 3. The van der Waals surface area contributed by atoms with Crippen LogP contribution in [0.15, 0.2) is 82.7 Å². The molecule has 0 saturated heterocycles. The number of anilines is 2. The van der Waals surface area contributed by atoms with Gasteiger partial charge in [-0.05, 0) is 92.4 Å². The molecule has 1 aliphatic carbocycles. The number of ether oxygens (including phenoxy) is 1. The van der Waals surface area contributed by atoms with E-state index in [-0.39, 0.29) is 18.2 Å². The van der Waals surface area contributed by atoms with E-state index in [0.29, 0.717) is 27.7 Å². The summed E-state index contributed by atoms with van der Waals surface area (Å²) in [6.07, 6.45) is 4.30. The number of amides is 3. The third-order valence-corrected chi connectivity index (χ3v) is 10.4. The summed E-state index contributed by atoms with van der Waals surface area (Å²) in [6, 6.07) is 19.6. The van der Waals surface area contributed by atoms with Crippen molar-refractivity contribution in [2.75, 3.05) is 17.2 Å². The van der Waals surface area contributed by atoms with Crippen LogP contribution in [0.5, 0.6) is 0 Å². The van der Waals surface area contributed by atoms with Crippen molar-refractivity contribution in [3.8, 4) is 0 Å². The second-order valence-corrected chi connectivity index (χ2v) is 14.4. The van der Waals surface area contributed by atoms with Crippen molar-refractivity contribution in [1.29, 1.82) is 0 Å². The van der Waals surface area contributed by atoms with Crippen molar-refractivity contribution in [1.82, 2.24) is 5.32 Å². The first kappa shape index (κ1) is 33.2. The van der Waals surface area contributed by atoms with E-state index in [2.05, 4.69) is 22.9 Å². The van der Waals surface area contributed by atoms with E-state index in [1.54, 1.807) is 62.4 Å². The van der Waals surface area contributed by atoms with E-state index in [1.165, 1.54) is 34.4 Å². The van der Waals surface area contributed by atoms with E-state index in [0.717, 1.165) is 39.5 Å². The Morgan fingerprint density at radius 3 is 2.59 bits per heavy atom. The number of hydrogen-bond acceptors (Lipinski definition) is 8. The Balaban J connectivity index is 1.27. The molecule has 5 rings (SSSR count). The molecule has 2 heterocycles. The van der Waals surface area contributed by atoms with Crippen LogP contribution in [0.3, 0.4) is 0 Å². The molecule has 0 fully saturated rings. The topological polar surface area (TPSA) is 114 Å². The minimum atomic E-state index is -0.501. The van der Waals surface area contributed by atoms with Crippen LogP contribution in [0.25, 0.3) is 6.08 Å². The molecule has 3 N–H and O–H groups in total. The number of thioether (sulfide) groups is 1. The van der Waals surface area contributed by atoms with Crippen LogP contribution in [0.1, 0.15) is 63.2 Å². The monoisotopic (exact) mass is 673 g/mol. The van der Waals surface area contributed by atoms with E-state index >= 15 is 0 Å². The SMILES string of the molecule is CCOC(=O)c1c(NC(=O)C(C)Sc2cccc(NC(=O)/C(=C/c3cccs3)NC(=O)c3ccccc3)c2)sc2c1CCC(C)C2. The number of esters is 1. The molecule has 3 amide bonds. The average molecular weight is 674 g/mol. The van der Waals surface area contributed by atoms with Gasteiger partial charge < -0.3 is 20.7 Å². The van der Waals surface area contributed by atoms with Crippen molar-refractivity contribution in [3.63, 3.8) is 0 Å². The van der Waals surface area contributed by atoms with Crippen LogP contribution in [-0.4, -0.2) is 35.5 Å².